The maximum absolute atomic E-state index is 12.8. The first-order valence-corrected chi connectivity index (χ1v) is 10.5. The molecule has 0 fully saturated rings. The second-order valence-corrected chi connectivity index (χ2v) is 7.12. The summed E-state index contributed by atoms with van der Waals surface area (Å²) in [6, 6.07) is 9.81. The lowest BCUT2D eigenvalue weighted by Gasteiger charge is -2.17. The molecule has 0 unspecified atom stereocenters. The summed E-state index contributed by atoms with van der Waals surface area (Å²) in [7, 11) is 0. The molecule has 2 aromatic carbocycles. The van der Waals surface area contributed by atoms with Crippen molar-refractivity contribution in [2.24, 2.45) is 5.92 Å². The fourth-order valence-electron chi connectivity index (χ4n) is 2.74. The number of nitrogens with one attached hydrogen (secondary N) is 1. The van der Waals surface area contributed by atoms with Gasteiger partial charge in [0.2, 0.25) is 5.75 Å². The number of esters is 1. The van der Waals surface area contributed by atoms with Crippen LogP contribution in [0.1, 0.15) is 55.3 Å². The maximum atomic E-state index is 12.8. The van der Waals surface area contributed by atoms with Gasteiger partial charge in [-0.3, -0.25) is 4.79 Å². The summed E-state index contributed by atoms with van der Waals surface area (Å²) >= 11 is 0. The van der Waals surface area contributed by atoms with Crippen molar-refractivity contribution in [3.05, 3.63) is 47.5 Å². The maximum Gasteiger partial charge on any atom is 0.338 e. The molecule has 2 aromatic rings. The highest BCUT2D eigenvalue weighted by molar-refractivity contribution is 6.05. The van der Waals surface area contributed by atoms with Gasteiger partial charge >= 0.3 is 5.97 Å². The van der Waals surface area contributed by atoms with Crippen molar-refractivity contribution >= 4 is 17.6 Å². The molecule has 0 atom stereocenters. The van der Waals surface area contributed by atoms with Crippen LogP contribution in [0.4, 0.5) is 5.69 Å². The molecule has 0 bridgehead atoms. The molecule has 168 valence electrons. The average Bonchev–Trinajstić information content (AvgIpc) is 2.74. The zero-order valence-corrected chi connectivity index (χ0v) is 18.8. The number of rotatable bonds is 11. The molecule has 0 heterocycles. The molecule has 2 rings (SSSR count). The number of amides is 1. The van der Waals surface area contributed by atoms with E-state index in [1.54, 1.807) is 36.4 Å². The topological polar surface area (TPSA) is 83.1 Å². The number of hydrogen-bond donors (Lipinski definition) is 1. The van der Waals surface area contributed by atoms with Crippen LogP contribution < -0.4 is 19.5 Å². The Morgan fingerprint density at radius 1 is 0.839 bits per heavy atom. The van der Waals surface area contributed by atoms with Gasteiger partial charge in [0.05, 0.1) is 32.0 Å². The summed E-state index contributed by atoms with van der Waals surface area (Å²) in [6.45, 7) is 11.2. The second kappa shape index (κ2) is 11.8. The molecule has 0 aliphatic carbocycles. The zero-order valence-electron chi connectivity index (χ0n) is 18.8. The summed E-state index contributed by atoms with van der Waals surface area (Å²) in [6.07, 6.45) is 0. The van der Waals surface area contributed by atoms with Crippen molar-refractivity contribution in [1.29, 1.82) is 0 Å². The number of benzene rings is 2. The van der Waals surface area contributed by atoms with Crippen LogP contribution in [-0.2, 0) is 4.74 Å². The minimum absolute atomic E-state index is 0.264. The van der Waals surface area contributed by atoms with Gasteiger partial charge in [-0.05, 0) is 63.1 Å². The first-order valence-electron chi connectivity index (χ1n) is 10.5. The van der Waals surface area contributed by atoms with Gasteiger partial charge < -0.3 is 24.3 Å². The highest BCUT2D eigenvalue weighted by atomic mass is 16.5. The lowest BCUT2D eigenvalue weighted by Crippen LogP contribution is -2.14. The molecule has 0 saturated carbocycles. The smallest absolute Gasteiger partial charge is 0.338 e. The van der Waals surface area contributed by atoms with E-state index >= 15 is 0 Å². The van der Waals surface area contributed by atoms with E-state index in [9.17, 15) is 9.59 Å². The Bertz CT molecular complexity index is 849. The molecular formula is C24H31NO6. The first kappa shape index (κ1) is 24.1. The standard InChI is InChI=1S/C24H31NO6/c1-6-28-20-13-18(14-21(29-7-2)22(20)30-8-3)23(26)25-19-11-9-17(10-12-19)24(27)31-15-16(4)5/h9-14,16H,6-8,15H2,1-5H3,(H,25,26). The highest BCUT2D eigenvalue weighted by Gasteiger charge is 2.18. The summed E-state index contributed by atoms with van der Waals surface area (Å²) in [5.41, 5.74) is 1.35. The van der Waals surface area contributed by atoms with Crippen LogP contribution in [0.15, 0.2) is 36.4 Å². The lowest BCUT2D eigenvalue weighted by atomic mass is 10.1. The van der Waals surface area contributed by atoms with E-state index in [2.05, 4.69) is 5.32 Å². The van der Waals surface area contributed by atoms with Crippen molar-refractivity contribution in [2.75, 3.05) is 31.7 Å². The van der Waals surface area contributed by atoms with Crippen LogP contribution in [0, 0.1) is 5.92 Å². The lowest BCUT2D eigenvalue weighted by molar-refractivity contribution is 0.0459. The molecule has 0 spiro atoms. The number of anilines is 1. The fraction of sp³-hybridized carbons (Fsp3) is 0.417. The summed E-state index contributed by atoms with van der Waals surface area (Å²) in [5, 5.41) is 2.82. The van der Waals surface area contributed by atoms with Gasteiger partial charge in [0, 0.05) is 11.3 Å². The van der Waals surface area contributed by atoms with Crippen molar-refractivity contribution in [1.82, 2.24) is 0 Å². The van der Waals surface area contributed by atoms with E-state index in [-0.39, 0.29) is 17.8 Å². The number of hydrogen-bond acceptors (Lipinski definition) is 6. The fourth-order valence-corrected chi connectivity index (χ4v) is 2.74. The van der Waals surface area contributed by atoms with Crippen molar-refractivity contribution < 1.29 is 28.5 Å². The molecular weight excluding hydrogens is 398 g/mol. The quantitative estimate of drug-likeness (QED) is 0.509. The monoisotopic (exact) mass is 429 g/mol. The number of carbonyl (C=O) groups is 2. The largest absolute Gasteiger partial charge is 0.490 e. The van der Waals surface area contributed by atoms with Crippen LogP contribution in [0.2, 0.25) is 0 Å². The Morgan fingerprint density at radius 3 is 1.87 bits per heavy atom. The van der Waals surface area contributed by atoms with Gasteiger partial charge in [0.15, 0.2) is 11.5 Å². The molecule has 0 aromatic heterocycles. The second-order valence-electron chi connectivity index (χ2n) is 7.12. The minimum Gasteiger partial charge on any atom is -0.490 e. The van der Waals surface area contributed by atoms with E-state index in [0.29, 0.717) is 60.5 Å². The van der Waals surface area contributed by atoms with Gasteiger partial charge in [-0.2, -0.15) is 0 Å². The van der Waals surface area contributed by atoms with E-state index in [0.717, 1.165) is 0 Å². The average molecular weight is 430 g/mol. The molecule has 0 radical (unpaired) electrons. The number of ether oxygens (including phenoxy) is 4. The highest BCUT2D eigenvalue weighted by Crippen LogP contribution is 2.39. The Hall–Kier alpha value is -3.22. The third-order valence-corrected chi connectivity index (χ3v) is 4.10. The molecule has 1 N–H and O–H groups in total. The number of carbonyl (C=O) groups excluding carboxylic acids is 2. The van der Waals surface area contributed by atoms with Gasteiger partial charge in [-0.1, -0.05) is 13.8 Å². The predicted molar refractivity (Wildman–Crippen MR) is 119 cm³/mol. The molecule has 1 amide bonds. The normalized spacial score (nSPS) is 10.5. The Kier molecular flexibility index (Phi) is 9.18. The van der Waals surface area contributed by atoms with Crippen molar-refractivity contribution in [3.8, 4) is 17.2 Å². The van der Waals surface area contributed by atoms with Crippen LogP contribution in [-0.4, -0.2) is 38.3 Å². The Labute approximate surface area is 183 Å². The molecule has 7 nitrogen and oxygen atoms in total. The van der Waals surface area contributed by atoms with Gasteiger partial charge in [-0.25, -0.2) is 4.79 Å². The van der Waals surface area contributed by atoms with Gasteiger partial charge in [0.1, 0.15) is 0 Å². The van der Waals surface area contributed by atoms with Crippen LogP contribution in [0.25, 0.3) is 0 Å². The Balaban J connectivity index is 2.19. The van der Waals surface area contributed by atoms with E-state index in [1.165, 1.54) is 0 Å². The van der Waals surface area contributed by atoms with E-state index < -0.39 is 0 Å². The van der Waals surface area contributed by atoms with E-state index in [1.807, 2.05) is 34.6 Å². The van der Waals surface area contributed by atoms with Gasteiger partial charge in [0.25, 0.3) is 5.91 Å². The third-order valence-electron chi connectivity index (χ3n) is 4.10. The van der Waals surface area contributed by atoms with Crippen molar-refractivity contribution in [3.63, 3.8) is 0 Å². The zero-order chi connectivity index (χ0) is 22.8. The molecule has 7 heteroatoms. The van der Waals surface area contributed by atoms with Gasteiger partial charge in [-0.15, -0.1) is 0 Å². The Morgan fingerprint density at radius 2 is 1.39 bits per heavy atom. The summed E-state index contributed by atoms with van der Waals surface area (Å²) < 4.78 is 22.2. The van der Waals surface area contributed by atoms with E-state index in [4.69, 9.17) is 18.9 Å². The molecule has 0 aliphatic heterocycles. The molecule has 31 heavy (non-hydrogen) atoms. The summed E-state index contributed by atoms with van der Waals surface area (Å²) in [5.74, 6) is 0.917. The summed E-state index contributed by atoms with van der Waals surface area (Å²) in [4.78, 5) is 24.9. The van der Waals surface area contributed by atoms with Crippen LogP contribution in [0.5, 0.6) is 17.2 Å². The van der Waals surface area contributed by atoms with Crippen LogP contribution >= 0.6 is 0 Å². The molecule has 0 saturated heterocycles. The SMILES string of the molecule is CCOc1cc(C(=O)Nc2ccc(C(=O)OCC(C)C)cc2)cc(OCC)c1OCC. The first-order chi connectivity index (χ1) is 14.9. The molecule has 0 aliphatic rings. The predicted octanol–water partition coefficient (Wildman–Crippen LogP) is 4.95. The van der Waals surface area contributed by atoms with Crippen LogP contribution in [0.3, 0.4) is 0 Å². The van der Waals surface area contributed by atoms with Crippen molar-refractivity contribution in [2.45, 2.75) is 34.6 Å². The minimum atomic E-state index is -0.388. The third kappa shape index (κ3) is 6.91.